The van der Waals surface area contributed by atoms with E-state index in [1.54, 1.807) is 17.0 Å². The van der Waals surface area contributed by atoms with Crippen molar-refractivity contribution in [1.29, 1.82) is 0 Å². The van der Waals surface area contributed by atoms with Crippen LogP contribution in [0.25, 0.3) is 0 Å². The maximum atomic E-state index is 13.9. The van der Waals surface area contributed by atoms with E-state index in [9.17, 15) is 18.8 Å². The number of hydrazine groups is 1. The van der Waals surface area contributed by atoms with Crippen molar-refractivity contribution in [2.45, 2.75) is 6.17 Å². The molecule has 3 aromatic rings. The van der Waals surface area contributed by atoms with Gasteiger partial charge in [-0.2, -0.15) is 0 Å². The summed E-state index contributed by atoms with van der Waals surface area (Å²) >= 11 is 0. The molecule has 1 atom stereocenters. The molecule has 2 aromatic carbocycles. The average Bonchev–Trinajstić information content (AvgIpc) is 3.08. The molecule has 1 saturated heterocycles. The van der Waals surface area contributed by atoms with Gasteiger partial charge >= 0.3 is 6.03 Å². The highest BCUT2D eigenvalue weighted by Crippen LogP contribution is 2.24. The van der Waals surface area contributed by atoms with Crippen LogP contribution < -0.4 is 26.4 Å². The van der Waals surface area contributed by atoms with Gasteiger partial charge in [0.15, 0.2) is 5.69 Å². The van der Waals surface area contributed by atoms with E-state index in [-0.39, 0.29) is 11.4 Å². The first-order valence-corrected chi connectivity index (χ1v) is 11.9. The molecule has 12 heteroatoms. The number of aromatic nitrogens is 1. The van der Waals surface area contributed by atoms with Gasteiger partial charge in [0.2, 0.25) is 6.17 Å². The van der Waals surface area contributed by atoms with Gasteiger partial charge in [-0.15, -0.1) is 0 Å². The Morgan fingerprint density at radius 1 is 1.03 bits per heavy atom. The number of hydrogen-bond donors (Lipinski definition) is 4. The van der Waals surface area contributed by atoms with Crippen LogP contribution in [0.2, 0.25) is 0 Å². The second-order valence-electron chi connectivity index (χ2n) is 8.45. The van der Waals surface area contributed by atoms with Crippen molar-refractivity contribution in [3.05, 3.63) is 89.5 Å². The van der Waals surface area contributed by atoms with Crippen molar-refractivity contribution < 1.29 is 23.5 Å². The Labute approximate surface area is 217 Å². The lowest BCUT2D eigenvalue weighted by molar-refractivity contribution is -0.117. The number of nitrogens with one attached hydrogen (secondary N) is 4. The van der Waals surface area contributed by atoms with Gasteiger partial charge in [0.1, 0.15) is 5.82 Å². The second kappa shape index (κ2) is 11.0. The number of morpholine rings is 1. The lowest BCUT2D eigenvalue weighted by atomic mass is 10.0. The highest BCUT2D eigenvalue weighted by atomic mass is 19.1. The van der Waals surface area contributed by atoms with Gasteiger partial charge in [-0.05, 0) is 6.07 Å². The number of para-hydroxylation sites is 1. The summed E-state index contributed by atoms with van der Waals surface area (Å²) in [5.41, 5.74) is 7.20. The number of aliphatic imine (C=N–C) groups is 1. The minimum absolute atomic E-state index is 0.0688. The van der Waals surface area contributed by atoms with E-state index in [0.717, 1.165) is 11.8 Å². The summed E-state index contributed by atoms with van der Waals surface area (Å²) in [5.74, 6) is -1.91. The van der Waals surface area contributed by atoms with Crippen LogP contribution in [0.4, 0.5) is 20.6 Å². The van der Waals surface area contributed by atoms with E-state index in [1.807, 2.05) is 42.5 Å². The van der Waals surface area contributed by atoms with Crippen molar-refractivity contribution >= 4 is 34.9 Å². The van der Waals surface area contributed by atoms with E-state index in [4.69, 9.17) is 4.74 Å². The fourth-order valence-corrected chi connectivity index (χ4v) is 4.16. The molecular formula is C26H24FN7O4. The Kier molecular flexibility index (Phi) is 7.22. The van der Waals surface area contributed by atoms with Crippen LogP contribution in [0.3, 0.4) is 0 Å². The molecule has 0 bridgehead atoms. The molecule has 194 valence electrons. The second-order valence-corrected chi connectivity index (χ2v) is 8.45. The quantitative estimate of drug-likeness (QED) is 0.390. The molecule has 2 aliphatic rings. The van der Waals surface area contributed by atoms with E-state index >= 15 is 0 Å². The van der Waals surface area contributed by atoms with Crippen LogP contribution in [0.1, 0.15) is 21.6 Å². The Morgan fingerprint density at radius 2 is 1.76 bits per heavy atom. The molecule has 4 amide bonds. The summed E-state index contributed by atoms with van der Waals surface area (Å²) < 4.78 is 19.2. The number of fused-ring (bicyclic) bond motifs is 1. The summed E-state index contributed by atoms with van der Waals surface area (Å²) in [6, 6.07) is 16.8. The predicted molar refractivity (Wildman–Crippen MR) is 137 cm³/mol. The lowest BCUT2D eigenvalue weighted by Gasteiger charge is -2.29. The van der Waals surface area contributed by atoms with Gasteiger partial charge in [-0.1, -0.05) is 48.5 Å². The van der Waals surface area contributed by atoms with E-state index in [2.05, 4.69) is 31.5 Å². The lowest BCUT2D eigenvalue weighted by Crippen LogP contribution is -2.52. The number of ether oxygens (including phenoxy) is 1. The molecule has 11 nitrogen and oxygen atoms in total. The zero-order valence-electron chi connectivity index (χ0n) is 20.1. The number of anilines is 2. The molecular weight excluding hydrogens is 493 g/mol. The number of halogens is 1. The number of benzene rings is 2. The molecule has 0 spiro atoms. The molecule has 1 aromatic heterocycles. The summed E-state index contributed by atoms with van der Waals surface area (Å²) in [6.07, 6.45) is -0.367. The van der Waals surface area contributed by atoms with Crippen LogP contribution in [0.15, 0.2) is 71.9 Å². The monoisotopic (exact) mass is 517 g/mol. The van der Waals surface area contributed by atoms with Gasteiger partial charge in [0.25, 0.3) is 11.8 Å². The standard InChI is InChI=1S/C26H24FN7O4/c27-17-14-20(34-10-12-38-13-11-34)22(28-15-17)24(35)32-33-26(37)31-23-25(36)29-19-9-5-4-8-18(19)21(30-23)16-6-2-1-3-7-16/h1-9,14-15,23H,10-13H2,(H,29,36)(H,32,35)(H2,31,33,37)/t23-/m1/s1. The molecule has 0 saturated carbocycles. The molecule has 5 rings (SSSR count). The van der Waals surface area contributed by atoms with Gasteiger partial charge in [-0.25, -0.2) is 24.6 Å². The summed E-state index contributed by atoms with van der Waals surface area (Å²) in [6.45, 7) is 1.77. The highest BCUT2D eigenvalue weighted by Gasteiger charge is 2.27. The number of carbonyl (C=O) groups is 3. The van der Waals surface area contributed by atoms with Crippen LogP contribution in [-0.4, -0.2) is 61.0 Å². The summed E-state index contributed by atoms with van der Waals surface area (Å²) in [4.78, 5) is 48.6. The Morgan fingerprint density at radius 3 is 2.55 bits per heavy atom. The van der Waals surface area contributed by atoms with Crippen molar-refractivity contribution in [3.8, 4) is 0 Å². The van der Waals surface area contributed by atoms with Crippen molar-refractivity contribution in [3.63, 3.8) is 0 Å². The van der Waals surface area contributed by atoms with Crippen molar-refractivity contribution in [1.82, 2.24) is 21.2 Å². The molecule has 2 aliphatic heterocycles. The average molecular weight is 518 g/mol. The van der Waals surface area contributed by atoms with Crippen LogP contribution >= 0.6 is 0 Å². The third-order valence-corrected chi connectivity index (χ3v) is 5.95. The number of hydrogen-bond acceptors (Lipinski definition) is 7. The zero-order chi connectivity index (χ0) is 26.5. The third kappa shape index (κ3) is 5.44. The molecule has 3 heterocycles. The number of nitrogens with zero attached hydrogens (tertiary/aromatic N) is 3. The number of urea groups is 1. The minimum atomic E-state index is -1.29. The third-order valence-electron chi connectivity index (χ3n) is 5.95. The normalized spacial score (nSPS) is 16.9. The largest absolute Gasteiger partial charge is 0.378 e. The molecule has 0 unspecified atom stereocenters. The smallest absolute Gasteiger partial charge is 0.335 e. The van der Waals surface area contributed by atoms with Crippen LogP contribution in [0, 0.1) is 5.82 Å². The van der Waals surface area contributed by atoms with Crippen LogP contribution in [0.5, 0.6) is 0 Å². The minimum Gasteiger partial charge on any atom is -0.378 e. The van der Waals surface area contributed by atoms with E-state index in [0.29, 0.717) is 43.3 Å². The topological polar surface area (TPSA) is 137 Å². The Bertz CT molecular complexity index is 1390. The molecule has 0 radical (unpaired) electrons. The maximum absolute atomic E-state index is 13.9. The molecule has 38 heavy (non-hydrogen) atoms. The summed E-state index contributed by atoms with van der Waals surface area (Å²) in [7, 11) is 0. The fraction of sp³-hybridized carbons (Fsp3) is 0.192. The van der Waals surface area contributed by atoms with Gasteiger partial charge in [-0.3, -0.25) is 15.0 Å². The Balaban J connectivity index is 1.31. The number of rotatable bonds is 4. The van der Waals surface area contributed by atoms with Gasteiger partial charge in [0.05, 0.1) is 36.5 Å². The van der Waals surface area contributed by atoms with Crippen molar-refractivity contribution in [2.24, 2.45) is 4.99 Å². The fourth-order valence-electron chi connectivity index (χ4n) is 4.16. The number of benzodiazepines with no additional fused rings is 1. The van der Waals surface area contributed by atoms with E-state index in [1.165, 1.54) is 6.07 Å². The first kappa shape index (κ1) is 24.8. The van der Waals surface area contributed by atoms with Gasteiger partial charge in [0, 0.05) is 30.3 Å². The number of pyridine rings is 1. The number of amides is 4. The summed E-state index contributed by atoms with van der Waals surface area (Å²) in [5, 5.41) is 5.24. The SMILES string of the molecule is O=C(NNC(=O)c1ncc(F)cc1N1CCOCC1)N[C@H]1N=C(c2ccccc2)c2ccccc2NC1=O. The first-order valence-electron chi connectivity index (χ1n) is 11.9. The van der Waals surface area contributed by atoms with Crippen LogP contribution in [-0.2, 0) is 9.53 Å². The predicted octanol–water partition coefficient (Wildman–Crippen LogP) is 1.82. The van der Waals surface area contributed by atoms with E-state index < -0.39 is 29.8 Å². The highest BCUT2D eigenvalue weighted by molar-refractivity contribution is 6.19. The number of carbonyl (C=O) groups excluding carboxylic acids is 3. The molecule has 0 aliphatic carbocycles. The first-order chi connectivity index (χ1) is 18.5. The maximum Gasteiger partial charge on any atom is 0.335 e. The van der Waals surface area contributed by atoms with Gasteiger partial charge < -0.3 is 20.3 Å². The Hall–Kier alpha value is -4.84. The molecule has 1 fully saturated rings. The molecule has 4 N–H and O–H groups in total. The van der Waals surface area contributed by atoms with Crippen molar-refractivity contribution in [2.75, 3.05) is 36.5 Å². The zero-order valence-corrected chi connectivity index (χ0v) is 20.1.